The van der Waals surface area contributed by atoms with Crippen LogP contribution in [0.5, 0.6) is 0 Å². The summed E-state index contributed by atoms with van der Waals surface area (Å²) in [6, 6.07) is 11.3. The molecule has 1 aromatic heterocycles. The molecule has 0 amide bonds. The molecule has 4 nitrogen and oxygen atoms in total. The van der Waals surface area contributed by atoms with E-state index in [2.05, 4.69) is 52.0 Å². The second-order valence-corrected chi connectivity index (χ2v) is 5.57. The maximum atomic E-state index is 3.99. The number of aryl methyl sites for hydroxylation is 1. The van der Waals surface area contributed by atoms with Gasteiger partial charge in [0.25, 0.3) is 0 Å². The minimum absolute atomic E-state index is 0.598. The van der Waals surface area contributed by atoms with Crippen molar-refractivity contribution < 1.29 is 0 Å². The van der Waals surface area contributed by atoms with E-state index in [9.17, 15) is 0 Å². The maximum Gasteiger partial charge on any atom is 0.0692 e. The van der Waals surface area contributed by atoms with Gasteiger partial charge in [0, 0.05) is 25.3 Å². The highest BCUT2D eigenvalue weighted by Gasteiger charge is 2.15. The van der Waals surface area contributed by atoms with E-state index < -0.39 is 0 Å². The van der Waals surface area contributed by atoms with Gasteiger partial charge in [0.1, 0.15) is 0 Å². The zero-order chi connectivity index (χ0) is 14.3. The molecule has 0 aliphatic carbocycles. The summed E-state index contributed by atoms with van der Waals surface area (Å²) in [5.41, 5.74) is 2.85. The molecule has 2 heterocycles. The first-order chi connectivity index (χ1) is 10.4. The van der Waals surface area contributed by atoms with Gasteiger partial charge in [-0.15, -0.1) is 5.10 Å². The Morgan fingerprint density at radius 1 is 1.19 bits per heavy atom. The van der Waals surface area contributed by atoms with E-state index >= 15 is 0 Å². The lowest BCUT2D eigenvalue weighted by Crippen LogP contribution is -2.32. The molecule has 0 spiro atoms. The molecule has 1 aliphatic rings. The van der Waals surface area contributed by atoms with Crippen LogP contribution < -0.4 is 5.32 Å². The Morgan fingerprint density at radius 2 is 2.10 bits per heavy atom. The molecule has 1 aromatic carbocycles. The van der Waals surface area contributed by atoms with Crippen molar-refractivity contribution in [1.82, 2.24) is 20.3 Å². The summed E-state index contributed by atoms with van der Waals surface area (Å²) in [6.45, 7) is 1.95. The number of benzene rings is 1. The molecule has 1 aliphatic heterocycles. The summed E-state index contributed by atoms with van der Waals surface area (Å²) in [5, 5.41) is 11.4. The maximum absolute atomic E-state index is 3.99. The van der Waals surface area contributed by atoms with E-state index in [1.807, 2.05) is 10.9 Å². The van der Waals surface area contributed by atoms with Crippen LogP contribution in [0.4, 0.5) is 0 Å². The SMILES string of the molecule is C1=C(c2ccccc2)CC(CCCCn2ccnn2)NC1. The fourth-order valence-corrected chi connectivity index (χ4v) is 2.88. The highest BCUT2D eigenvalue weighted by Crippen LogP contribution is 2.24. The largest absolute Gasteiger partial charge is 0.310 e. The molecular formula is C17H22N4. The first kappa shape index (κ1) is 14.0. The average Bonchev–Trinajstić information content (AvgIpc) is 3.06. The molecule has 0 bridgehead atoms. The summed E-state index contributed by atoms with van der Waals surface area (Å²) in [7, 11) is 0. The van der Waals surface area contributed by atoms with Gasteiger partial charge in [0.15, 0.2) is 0 Å². The van der Waals surface area contributed by atoms with Gasteiger partial charge in [-0.1, -0.05) is 48.0 Å². The van der Waals surface area contributed by atoms with E-state index in [1.54, 1.807) is 6.20 Å². The fraction of sp³-hybridized carbons (Fsp3) is 0.412. The Kier molecular flexibility index (Phi) is 4.79. The Hall–Kier alpha value is -1.94. The predicted octanol–water partition coefficient (Wildman–Crippen LogP) is 2.89. The van der Waals surface area contributed by atoms with Crippen molar-refractivity contribution in [1.29, 1.82) is 0 Å². The van der Waals surface area contributed by atoms with E-state index in [0.717, 1.165) is 25.9 Å². The number of hydrogen-bond acceptors (Lipinski definition) is 3. The number of nitrogens with one attached hydrogen (secondary N) is 1. The minimum atomic E-state index is 0.598. The molecule has 2 aromatic rings. The number of nitrogens with zero attached hydrogens (tertiary/aromatic N) is 3. The second kappa shape index (κ2) is 7.18. The van der Waals surface area contributed by atoms with Crippen LogP contribution in [0.2, 0.25) is 0 Å². The van der Waals surface area contributed by atoms with Crippen LogP contribution in [0.1, 0.15) is 31.2 Å². The summed E-state index contributed by atoms with van der Waals surface area (Å²) < 4.78 is 1.91. The molecule has 0 saturated heterocycles. The molecule has 0 radical (unpaired) electrons. The zero-order valence-electron chi connectivity index (χ0n) is 12.3. The fourth-order valence-electron chi connectivity index (χ4n) is 2.88. The third-order valence-corrected chi connectivity index (χ3v) is 4.03. The molecule has 1 atom stereocenters. The first-order valence-electron chi connectivity index (χ1n) is 7.74. The van der Waals surface area contributed by atoms with Crippen molar-refractivity contribution in [2.24, 2.45) is 0 Å². The van der Waals surface area contributed by atoms with Crippen LogP contribution in [-0.2, 0) is 6.54 Å². The van der Waals surface area contributed by atoms with Crippen molar-refractivity contribution in [3.8, 4) is 0 Å². The average molecular weight is 282 g/mol. The summed E-state index contributed by atoms with van der Waals surface area (Å²) >= 11 is 0. The lowest BCUT2D eigenvalue weighted by atomic mass is 9.93. The second-order valence-electron chi connectivity index (χ2n) is 5.57. The Bertz CT molecular complexity index is 560. The van der Waals surface area contributed by atoms with Gasteiger partial charge in [-0.3, -0.25) is 4.68 Å². The van der Waals surface area contributed by atoms with Crippen molar-refractivity contribution in [3.63, 3.8) is 0 Å². The van der Waals surface area contributed by atoms with Gasteiger partial charge in [0.2, 0.25) is 0 Å². The monoisotopic (exact) mass is 282 g/mol. The molecule has 110 valence electrons. The quantitative estimate of drug-likeness (QED) is 0.828. The van der Waals surface area contributed by atoms with Crippen molar-refractivity contribution in [2.45, 2.75) is 38.3 Å². The van der Waals surface area contributed by atoms with Crippen molar-refractivity contribution in [2.75, 3.05) is 6.54 Å². The molecule has 1 N–H and O–H groups in total. The highest BCUT2D eigenvalue weighted by atomic mass is 15.4. The Balaban J connectivity index is 1.44. The molecular weight excluding hydrogens is 260 g/mol. The van der Waals surface area contributed by atoms with Crippen LogP contribution in [0.3, 0.4) is 0 Å². The molecule has 0 saturated carbocycles. The van der Waals surface area contributed by atoms with Crippen LogP contribution >= 0.6 is 0 Å². The highest BCUT2D eigenvalue weighted by molar-refractivity contribution is 5.66. The standard InChI is InChI=1S/C17H22N4/c1-2-6-15(7-3-1)16-9-10-18-17(14-16)8-4-5-12-21-13-11-19-20-21/h1-3,6-7,9,11,13,17-18H,4-5,8,10,12,14H2. The third-order valence-electron chi connectivity index (χ3n) is 4.03. The Labute approximate surface area is 125 Å². The van der Waals surface area contributed by atoms with E-state index in [0.29, 0.717) is 6.04 Å². The minimum Gasteiger partial charge on any atom is -0.310 e. The van der Waals surface area contributed by atoms with Crippen LogP contribution in [0, 0.1) is 0 Å². The zero-order valence-corrected chi connectivity index (χ0v) is 12.3. The molecule has 0 fully saturated rings. The first-order valence-corrected chi connectivity index (χ1v) is 7.74. The topological polar surface area (TPSA) is 42.7 Å². The smallest absolute Gasteiger partial charge is 0.0692 e. The van der Waals surface area contributed by atoms with Gasteiger partial charge < -0.3 is 5.32 Å². The predicted molar refractivity (Wildman–Crippen MR) is 84.7 cm³/mol. The lowest BCUT2D eigenvalue weighted by Gasteiger charge is -2.24. The number of rotatable bonds is 6. The van der Waals surface area contributed by atoms with Gasteiger partial charge in [-0.25, -0.2) is 0 Å². The number of aromatic nitrogens is 3. The van der Waals surface area contributed by atoms with Gasteiger partial charge in [-0.05, 0) is 30.4 Å². The van der Waals surface area contributed by atoms with Gasteiger partial charge in [0.05, 0.1) is 6.20 Å². The normalized spacial score (nSPS) is 18.5. The Morgan fingerprint density at radius 3 is 2.90 bits per heavy atom. The van der Waals surface area contributed by atoms with Crippen molar-refractivity contribution >= 4 is 5.57 Å². The van der Waals surface area contributed by atoms with Crippen molar-refractivity contribution in [3.05, 3.63) is 54.4 Å². The summed E-state index contributed by atoms with van der Waals surface area (Å²) in [4.78, 5) is 0. The van der Waals surface area contributed by atoms with E-state index in [1.165, 1.54) is 24.0 Å². The summed E-state index contributed by atoms with van der Waals surface area (Å²) in [6.07, 6.45) is 10.7. The van der Waals surface area contributed by atoms with Crippen LogP contribution in [-0.4, -0.2) is 27.6 Å². The van der Waals surface area contributed by atoms with Crippen LogP contribution in [0.15, 0.2) is 48.8 Å². The molecule has 21 heavy (non-hydrogen) atoms. The summed E-state index contributed by atoms with van der Waals surface area (Å²) in [5.74, 6) is 0. The van der Waals surface area contributed by atoms with Crippen LogP contribution in [0.25, 0.3) is 5.57 Å². The number of hydrogen-bond donors (Lipinski definition) is 1. The third kappa shape index (κ3) is 4.02. The van der Waals surface area contributed by atoms with E-state index in [-0.39, 0.29) is 0 Å². The lowest BCUT2D eigenvalue weighted by molar-refractivity contribution is 0.453. The van der Waals surface area contributed by atoms with E-state index in [4.69, 9.17) is 0 Å². The van der Waals surface area contributed by atoms with Gasteiger partial charge in [-0.2, -0.15) is 0 Å². The molecule has 3 rings (SSSR count). The number of unbranched alkanes of at least 4 members (excludes halogenated alkanes) is 1. The molecule has 4 heteroatoms. The van der Waals surface area contributed by atoms with Gasteiger partial charge >= 0.3 is 0 Å². The molecule has 1 unspecified atom stereocenters.